The molecule has 0 aromatic heterocycles. The number of nitrogens with zero attached hydrogens (tertiary/aromatic N) is 1. The van der Waals surface area contributed by atoms with E-state index in [1.807, 2.05) is 48.5 Å². The van der Waals surface area contributed by atoms with Crippen molar-refractivity contribution >= 4 is 5.71 Å². The summed E-state index contributed by atoms with van der Waals surface area (Å²) in [5.74, 6) is 7.59. The molecule has 0 radical (unpaired) electrons. The van der Waals surface area contributed by atoms with Crippen molar-refractivity contribution in [2.24, 2.45) is 10.9 Å². The van der Waals surface area contributed by atoms with Gasteiger partial charge in [-0.2, -0.15) is 5.10 Å². The Hall–Kier alpha value is -2.49. The Morgan fingerprint density at radius 1 is 0.463 bits per heavy atom. The van der Waals surface area contributed by atoms with Crippen molar-refractivity contribution in [2.75, 3.05) is 13.2 Å². The number of ether oxygens (including phenoxy) is 2. The average molecular weight is 565 g/mol. The van der Waals surface area contributed by atoms with Crippen molar-refractivity contribution in [2.45, 2.75) is 142 Å². The van der Waals surface area contributed by atoms with Gasteiger partial charge in [0.1, 0.15) is 11.5 Å². The maximum absolute atomic E-state index is 5.97. The highest BCUT2D eigenvalue weighted by Crippen LogP contribution is 2.20. The van der Waals surface area contributed by atoms with Gasteiger partial charge in [-0.05, 0) is 61.4 Å². The zero-order chi connectivity index (χ0) is 29.2. The number of hydrazone groups is 1. The molecule has 0 heterocycles. The van der Waals surface area contributed by atoms with Gasteiger partial charge in [0.25, 0.3) is 0 Å². The first-order valence-corrected chi connectivity index (χ1v) is 17.0. The molecule has 2 aromatic carbocycles. The molecule has 0 saturated heterocycles. The van der Waals surface area contributed by atoms with Crippen LogP contribution in [0, 0.1) is 0 Å². The minimum Gasteiger partial charge on any atom is -0.494 e. The Labute approximate surface area is 252 Å². The van der Waals surface area contributed by atoms with Crippen molar-refractivity contribution in [1.82, 2.24) is 0 Å². The molecule has 0 atom stereocenters. The van der Waals surface area contributed by atoms with Crippen molar-refractivity contribution in [3.05, 3.63) is 59.7 Å². The van der Waals surface area contributed by atoms with E-state index in [-0.39, 0.29) is 0 Å². The first-order chi connectivity index (χ1) is 20.3. The topological polar surface area (TPSA) is 56.8 Å². The number of hydrogen-bond acceptors (Lipinski definition) is 4. The molecule has 2 aromatic rings. The van der Waals surface area contributed by atoms with Crippen LogP contribution < -0.4 is 15.3 Å². The van der Waals surface area contributed by atoms with Gasteiger partial charge in [-0.1, -0.05) is 129 Å². The highest BCUT2D eigenvalue weighted by atomic mass is 16.5. The highest BCUT2D eigenvalue weighted by molar-refractivity contribution is 6.12. The lowest BCUT2D eigenvalue weighted by molar-refractivity contribution is 0.304. The average Bonchev–Trinajstić information content (AvgIpc) is 3.00. The van der Waals surface area contributed by atoms with E-state index in [1.165, 1.54) is 116 Å². The molecule has 2 N–H and O–H groups in total. The molecule has 0 amide bonds. The van der Waals surface area contributed by atoms with Crippen molar-refractivity contribution in [3.8, 4) is 11.5 Å². The van der Waals surface area contributed by atoms with Gasteiger partial charge in [0.05, 0.1) is 18.9 Å². The Morgan fingerprint density at radius 3 is 1.05 bits per heavy atom. The lowest BCUT2D eigenvalue weighted by Gasteiger charge is -2.10. The van der Waals surface area contributed by atoms with Crippen LogP contribution in [0.4, 0.5) is 0 Å². The van der Waals surface area contributed by atoms with Crippen molar-refractivity contribution < 1.29 is 9.47 Å². The summed E-state index contributed by atoms with van der Waals surface area (Å²) in [7, 11) is 0. The molecule has 0 bridgehead atoms. The van der Waals surface area contributed by atoms with Gasteiger partial charge in [-0.15, -0.1) is 0 Å². The van der Waals surface area contributed by atoms with E-state index in [4.69, 9.17) is 15.3 Å². The Morgan fingerprint density at radius 2 is 0.756 bits per heavy atom. The van der Waals surface area contributed by atoms with Gasteiger partial charge in [0.2, 0.25) is 0 Å². The van der Waals surface area contributed by atoms with Crippen LogP contribution in [0.5, 0.6) is 11.5 Å². The third-order valence-corrected chi connectivity index (χ3v) is 7.92. The first-order valence-electron chi connectivity index (χ1n) is 17.0. The van der Waals surface area contributed by atoms with Crippen LogP contribution in [-0.2, 0) is 0 Å². The quantitative estimate of drug-likeness (QED) is 0.0535. The SMILES string of the molecule is CCCCCCCCCCCCOc1ccc(C(=NN)c2ccc(OCCCCCCCCCCCC)cc2)cc1. The molecule has 2 rings (SSSR count). The summed E-state index contributed by atoms with van der Waals surface area (Å²) in [5.41, 5.74) is 2.74. The number of unbranched alkanes of at least 4 members (excludes halogenated alkanes) is 18. The Kier molecular flexibility index (Phi) is 20.4. The maximum atomic E-state index is 5.97. The molecule has 0 aliphatic carbocycles. The molecular formula is C37H60N2O2. The number of rotatable bonds is 26. The Bertz CT molecular complexity index is 821. The second-order valence-electron chi connectivity index (χ2n) is 11.6. The van der Waals surface area contributed by atoms with Gasteiger partial charge < -0.3 is 15.3 Å². The van der Waals surface area contributed by atoms with E-state index in [1.54, 1.807) is 0 Å². The standard InChI is InChI=1S/C37H60N2O2/c1-3-5-7-9-11-13-15-17-19-21-31-40-35-27-23-33(24-28-35)37(39-38)34-25-29-36(30-26-34)41-32-22-20-18-16-14-12-10-8-6-4-2/h23-30H,3-22,31-32,38H2,1-2H3. The van der Waals surface area contributed by atoms with Gasteiger partial charge >= 0.3 is 0 Å². The fourth-order valence-electron chi connectivity index (χ4n) is 5.29. The van der Waals surface area contributed by atoms with Crippen LogP contribution >= 0.6 is 0 Å². The Balaban J connectivity index is 1.59. The molecule has 0 aliphatic rings. The highest BCUT2D eigenvalue weighted by Gasteiger charge is 2.08. The van der Waals surface area contributed by atoms with Crippen LogP contribution in [-0.4, -0.2) is 18.9 Å². The lowest BCUT2D eigenvalue weighted by atomic mass is 10.0. The second kappa shape index (κ2) is 24.1. The second-order valence-corrected chi connectivity index (χ2v) is 11.6. The van der Waals surface area contributed by atoms with Crippen LogP contribution in [0.15, 0.2) is 53.6 Å². The van der Waals surface area contributed by atoms with Crippen LogP contribution in [0.1, 0.15) is 153 Å². The maximum Gasteiger partial charge on any atom is 0.119 e. The van der Waals surface area contributed by atoms with E-state index >= 15 is 0 Å². The summed E-state index contributed by atoms with van der Waals surface area (Å²) >= 11 is 0. The third-order valence-electron chi connectivity index (χ3n) is 7.92. The summed E-state index contributed by atoms with van der Waals surface area (Å²) in [6.07, 6.45) is 26.7. The molecule has 0 fully saturated rings. The summed E-state index contributed by atoms with van der Waals surface area (Å²) < 4.78 is 11.9. The van der Waals surface area contributed by atoms with Crippen LogP contribution in [0.2, 0.25) is 0 Å². The molecule has 230 valence electrons. The predicted octanol–water partition coefficient (Wildman–Crippen LogP) is 11.0. The van der Waals surface area contributed by atoms with Gasteiger partial charge in [0, 0.05) is 11.1 Å². The third kappa shape index (κ3) is 16.5. The minimum absolute atomic E-state index is 0.771. The normalized spacial score (nSPS) is 11.0. The van der Waals surface area contributed by atoms with E-state index in [9.17, 15) is 0 Å². The van der Waals surface area contributed by atoms with Crippen molar-refractivity contribution in [3.63, 3.8) is 0 Å². The zero-order valence-corrected chi connectivity index (χ0v) is 26.5. The smallest absolute Gasteiger partial charge is 0.119 e. The van der Waals surface area contributed by atoms with E-state index in [0.29, 0.717) is 0 Å². The first kappa shape index (κ1) is 34.7. The van der Waals surface area contributed by atoms with Crippen LogP contribution in [0.25, 0.3) is 0 Å². The molecular weight excluding hydrogens is 504 g/mol. The number of hydrogen-bond donors (Lipinski definition) is 1. The molecule has 41 heavy (non-hydrogen) atoms. The number of benzene rings is 2. The largest absolute Gasteiger partial charge is 0.494 e. The van der Waals surface area contributed by atoms with E-state index < -0.39 is 0 Å². The molecule has 0 saturated carbocycles. The summed E-state index contributed by atoms with van der Waals surface area (Å²) in [6, 6.07) is 16.2. The molecule has 0 aliphatic heterocycles. The van der Waals surface area contributed by atoms with Gasteiger partial charge in [0.15, 0.2) is 0 Å². The molecule has 4 nitrogen and oxygen atoms in total. The lowest BCUT2D eigenvalue weighted by Crippen LogP contribution is -2.07. The molecule has 0 spiro atoms. The minimum atomic E-state index is 0.771. The van der Waals surface area contributed by atoms with E-state index in [0.717, 1.165) is 54.4 Å². The van der Waals surface area contributed by atoms with Crippen molar-refractivity contribution in [1.29, 1.82) is 0 Å². The fourth-order valence-corrected chi connectivity index (χ4v) is 5.29. The van der Waals surface area contributed by atoms with Gasteiger partial charge in [-0.3, -0.25) is 0 Å². The van der Waals surface area contributed by atoms with E-state index in [2.05, 4.69) is 18.9 Å². The monoisotopic (exact) mass is 564 g/mol. The number of nitrogens with two attached hydrogens (primary N) is 1. The van der Waals surface area contributed by atoms with Gasteiger partial charge in [-0.25, -0.2) is 0 Å². The summed E-state index contributed by atoms with van der Waals surface area (Å²) in [5, 5.41) is 4.09. The van der Waals surface area contributed by atoms with Crippen LogP contribution in [0.3, 0.4) is 0 Å². The predicted molar refractivity (Wildman–Crippen MR) is 177 cm³/mol. The molecule has 0 unspecified atom stereocenters. The fraction of sp³-hybridized carbons (Fsp3) is 0.649. The summed E-state index contributed by atoms with van der Waals surface area (Å²) in [4.78, 5) is 0. The zero-order valence-electron chi connectivity index (χ0n) is 26.5. The molecule has 4 heteroatoms. The summed E-state index contributed by atoms with van der Waals surface area (Å²) in [6.45, 7) is 6.09.